The van der Waals surface area contributed by atoms with Crippen LogP contribution in [-0.2, 0) is 6.42 Å². The highest BCUT2D eigenvalue weighted by Crippen LogP contribution is 2.40. The molecular weight excluding hydrogens is 234 g/mol. The normalized spacial score (nSPS) is 21.6. The van der Waals surface area contributed by atoms with Crippen LogP contribution in [0.25, 0.3) is 0 Å². The van der Waals surface area contributed by atoms with Crippen molar-refractivity contribution >= 4 is 0 Å². The van der Waals surface area contributed by atoms with Crippen molar-refractivity contribution < 1.29 is 4.74 Å². The van der Waals surface area contributed by atoms with E-state index in [0.29, 0.717) is 11.5 Å². The molecule has 0 bridgehead atoms. The topological polar surface area (TPSA) is 21.3 Å². The number of nitrogens with one attached hydrogen (secondary N) is 1. The van der Waals surface area contributed by atoms with Crippen molar-refractivity contribution in [3.05, 3.63) is 29.3 Å². The summed E-state index contributed by atoms with van der Waals surface area (Å²) < 4.78 is 5.40. The van der Waals surface area contributed by atoms with E-state index < -0.39 is 0 Å². The van der Waals surface area contributed by atoms with Gasteiger partial charge in [-0.3, -0.25) is 0 Å². The van der Waals surface area contributed by atoms with Crippen LogP contribution in [-0.4, -0.2) is 13.7 Å². The van der Waals surface area contributed by atoms with Gasteiger partial charge in [0.05, 0.1) is 7.11 Å². The second kappa shape index (κ2) is 5.96. The molecule has 0 heterocycles. The Bertz CT molecular complexity index is 425. The summed E-state index contributed by atoms with van der Waals surface area (Å²) in [5.41, 5.74) is 3.33. The first-order valence-electron chi connectivity index (χ1n) is 7.46. The van der Waals surface area contributed by atoms with Gasteiger partial charge in [0.25, 0.3) is 0 Å². The zero-order valence-electron chi connectivity index (χ0n) is 12.8. The Morgan fingerprint density at radius 3 is 2.84 bits per heavy atom. The van der Waals surface area contributed by atoms with Crippen LogP contribution in [0.1, 0.15) is 57.2 Å². The van der Waals surface area contributed by atoms with E-state index in [1.165, 1.54) is 36.8 Å². The van der Waals surface area contributed by atoms with E-state index in [1.807, 2.05) is 0 Å². The lowest BCUT2D eigenvalue weighted by atomic mass is 9.83. The molecule has 0 saturated carbocycles. The van der Waals surface area contributed by atoms with Crippen molar-refractivity contribution in [3.8, 4) is 5.75 Å². The summed E-state index contributed by atoms with van der Waals surface area (Å²) in [6, 6.07) is 7.02. The van der Waals surface area contributed by atoms with Gasteiger partial charge in [0.15, 0.2) is 0 Å². The molecule has 1 unspecified atom stereocenters. The summed E-state index contributed by atoms with van der Waals surface area (Å²) in [6.07, 6.45) is 4.82. The van der Waals surface area contributed by atoms with Crippen LogP contribution in [0.2, 0.25) is 0 Å². The number of hydrogen-bond acceptors (Lipinski definition) is 2. The number of benzene rings is 1. The summed E-state index contributed by atoms with van der Waals surface area (Å²) in [5, 5.41) is 3.72. The summed E-state index contributed by atoms with van der Waals surface area (Å²) in [6.45, 7) is 8.08. The van der Waals surface area contributed by atoms with E-state index in [0.717, 1.165) is 12.3 Å². The first-order chi connectivity index (χ1) is 9.05. The molecule has 2 nitrogen and oxygen atoms in total. The zero-order valence-corrected chi connectivity index (χ0v) is 12.8. The van der Waals surface area contributed by atoms with Crippen molar-refractivity contribution in [1.29, 1.82) is 0 Å². The largest absolute Gasteiger partial charge is 0.497 e. The Hall–Kier alpha value is -1.02. The van der Waals surface area contributed by atoms with Crippen molar-refractivity contribution in [1.82, 2.24) is 5.32 Å². The van der Waals surface area contributed by atoms with Crippen LogP contribution in [0.3, 0.4) is 0 Å². The molecular formula is C17H27NO. The molecule has 19 heavy (non-hydrogen) atoms. The minimum atomic E-state index is 0.400. The number of rotatable bonds is 4. The SMILES string of the molecule is CCCNC1CC(C)(C)CCc2ccc(OC)cc21. The molecule has 0 spiro atoms. The number of hydrogen-bond donors (Lipinski definition) is 1. The smallest absolute Gasteiger partial charge is 0.119 e. The van der Waals surface area contributed by atoms with E-state index in [2.05, 4.69) is 44.3 Å². The van der Waals surface area contributed by atoms with Gasteiger partial charge in [0, 0.05) is 6.04 Å². The van der Waals surface area contributed by atoms with Crippen LogP contribution >= 0.6 is 0 Å². The van der Waals surface area contributed by atoms with E-state index >= 15 is 0 Å². The molecule has 0 radical (unpaired) electrons. The second-order valence-corrected chi connectivity index (χ2v) is 6.44. The molecule has 1 aromatic carbocycles. The van der Waals surface area contributed by atoms with Crippen LogP contribution < -0.4 is 10.1 Å². The molecule has 0 saturated heterocycles. The Morgan fingerprint density at radius 1 is 1.37 bits per heavy atom. The molecule has 0 amide bonds. The third-order valence-corrected chi connectivity index (χ3v) is 4.20. The lowest BCUT2D eigenvalue weighted by molar-refractivity contribution is 0.273. The summed E-state index contributed by atoms with van der Waals surface area (Å²) in [5.74, 6) is 0.974. The lowest BCUT2D eigenvalue weighted by Gasteiger charge is -2.28. The van der Waals surface area contributed by atoms with Crippen LogP contribution in [0, 0.1) is 5.41 Å². The zero-order chi connectivity index (χ0) is 13.9. The fourth-order valence-electron chi connectivity index (χ4n) is 2.99. The highest BCUT2D eigenvalue weighted by Gasteiger charge is 2.29. The predicted octanol–water partition coefficient (Wildman–Crippen LogP) is 4.10. The maximum atomic E-state index is 5.40. The van der Waals surface area contributed by atoms with Gasteiger partial charge in [0.1, 0.15) is 5.75 Å². The van der Waals surface area contributed by atoms with Gasteiger partial charge in [-0.25, -0.2) is 0 Å². The number of methoxy groups -OCH3 is 1. The predicted molar refractivity (Wildman–Crippen MR) is 80.7 cm³/mol. The summed E-state index contributed by atoms with van der Waals surface area (Å²) >= 11 is 0. The van der Waals surface area contributed by atoms with Crippen molar-refractivity contribution in [3.63, 3.8) is 0 Å². The highest BCUT2D eigenvalue weighted by molar-refractivity contribution is 5.39. The fourth-order valence-corrected chi connectivity index (χ4v) is 2.99. The standard InChI is InChI=1S/C17H27NO/c1-5-10-18-16-12-17(2,3)9-8-13-6-7-14(19-4)11-15(13)16/h6-7,11,16,18H,5,8-10,12H2,1-4H3. The average molecular weight is 261 g/mol. The van der Waals surface area contributed by atoms with Crippen LogP contribution in [0.5, 0.6) is 5.75 Å². The fraction of sp³-hybridized carbons (Fsp3) is 0.647. The average Bonchev–Trinajstić information content (AvgIpc) is 2.53. The Labute approximate surface area is 117 Å². The quantitative estimate of drug-likeness (QED) is 0.824. The third kappa shape index (κ3) is 3.50. The van der Waals surface area contributed by atoms with E-state index in [4.69, 9.17) is 4.74 Å². The Kier molecular flexibility index (Phi) is 4.51. The summed E-state index contributed by atoms with van der Waals surface area (Å²) in [4.78, 5) is 0. The molecule has 1 N–H and O–H groups in total. The van der Waals surface area contributed by atoms with Gasteiger partial charge in [-0.2, -0.15) is 0 Å². The molecule has 1 aromatic rings. The molecule has 0 aromatic heterocycles. The van der Waals surface area contributed by atoms with Crippen molar-refractivity contribution in [2.45, 2.75) is 52.5 Å². The van der Waals surface area contributed by atoms with Gasteiger partial charge >= 0.3 is 0 Å². The molecule has 0 aliphatic heterocycles. The van der Waals surface area contributed by atoms with Gasteiger partial charge in [0.2, 0.25) is 0 Å². The number of aryl methyl sites for hydroxylation is 1. The lowest BCUT2D eigenvalue weighted by Crippen LogP contribution is -2.26. The van der Waals surface area contributed by atoms with E-state index in [-0.39, 0.29) is 0 Å². The Balaban J connectivity index is 2.33. The maximum absolute atomic E-state index is 5.40. The molecule has 1 aliphatic carbocycles. The summed E-state index contributed by atoms with van der Waals surface area (Å²) in [7, 11) is 1.75. The van der Waals surface area contributed by atoms with E-state index in [9.17, 15) is 0 Å². The molecule has 2 rings (SSSR count). The van der Waals surface area contributed by atoms with E-state index in [1.54, 1.807) is 7.11 Å². The maximum Gasteiger partial charge on any atom is 0.119 e. The second-order valence-electron chi connectivity index (χ2n) is 6.44. The van der Waals surface area contributed by atoms with Gasteiger partial charge in [-0.1, -0.05) is 26.8 Å². The van der Waals surface area contributed by atoms with Crippen LogP contribution in [0.15, 0.2) is 18.2 Å². The van der Waals surface area contributed by atoms with Crippen molar-refractivity contribution in [2.75, 3.05) is 13.7 Å². The number of fused-ring (bicyclic) bond motifs is 1. The van der Waals surface area contributed by atoms with Gasteiger partial charge in [-0.05, 0) is 60.9 Å². The van der Waals surface area contributed by atoms with Gasteiger partial charge < -0.3 is 10.1 Å². The monoisotopic (exact) mass is 261 g/mol. The van der Waals surface area contributed by atoms with Crippen LogP contribution in [0.4, 0.5) is 0 Å². The van der Waals surface area contributed by atoms with Gasteiger partial charge in [-0.15, -0.1) is 0 Å². The molecule has 106 valence electrons. The number of ether oxygens (including phenoxy) is 1. The minimum Gasteiger partial charge on any atom is -0.497 e. The highest BCUT2D eigenvalue weighted by atomic mass is 16.5. The minimum absolute atomic E-state index is 0.400. The first kappa shape index (κ1) is 14.4. The first-order valence-corrected chi connectivity index (χ1v) is 7.46. The molecule has 1 aliphatic rings. The Morgan fingerprint density at radius 2 is 2.16 bits per heavy atom. The molecule has 2 heteroatoms. The molecule has 1 atom stereocenters. The third-order valence-electron chi connectivity index (χ3n) is 4.20. The molecule has 0 fully saturated rings. The van der Waals surface area contributed by atoms with Crippen molar-refractivity contribution in [2.24, 2.45) is 5.41 Å².